The van der Waals surface area contributed by atoms with Crippen molar-refractivity contribution in [2.24, 2.45) is 10.7 Å². The molecule has 0 aliphatic carbocycles. The molecule has 0 unspecified atom stereocenters. The molecule has 122 valence electrons. The number of nitrogens with zero attached hydrogens (tertiary/aromatic N) is 1. The first-order valence-corrected chi connectivity index (χ1v) is 7.97. The van der Waals surface area contributed by atoms with Crippen molar-refractivity contribution in [1.82, 2.24) is 5.32 Å². The highest BCUT2D eigenvalue weighted by molar-refractivity contribution is 6.10. The molecule has 5 heteroatoms. The predicted octanol–water partition coefficient (Wildman–Crippen LogP) is 2.36. The maximum absolute atomic E-state index is 12.5. The molecular weight excluding hydrogens is 302 g/mol. The Hall–Kier alpha value is -2.79. The van der Waals surface area contributed by atoms with Crippen LogP contribution in [0.2, 0.25) is 0 Å². The summed E-state index contributed by atoms with van der Waals surface area (Å²) in [6.45, 7) is 0.491. The summed E-state index contributed by atoms with van der Waals surface area (Å²) in [5.41, 5.74) is 8.44. The van der Waals surface area contributed by atoms with Gasteiger partial charge < -0.3 is 11.1 Å². The summed E-state index contributed by atoms with van der Waals surface area (Å²) >= 11 is 0. The number of hydrogen-bond acceptors (Lipinski definition) is 4. The van der Waals surface area contributed by atoms with Crippen molar-refractivity contribution in [3.8, 4) is 0 Å². The molecule has 0 spiro atoms. The zero-order chi connectivity index (χ0) is 16.9. The Morgan fingerprint density at radius 1 is 1.08 bits per heavy atom. The first-order valence-electron chi connectivity index (χ1n) is 7.97. The molecule has 3 N–H and O–H groups in total. The zero-order valence-corrected chi connectivity index (χ0v) is 13.3. The van der Waals surface area contributed by atoms with E-state index in [1.807, 2.05) is 30.3 Å². The third kappa shape index (κ3) is 3.58. The molecule has 0 atom stereocenters. The molecular formula is C19H19N3O2. The third-order valence-electron chi connectivity index (χ3n) is 3.88. The maximum Gasteiger partial charge on any atom is 0.225 e. The van der Waals surface area contributed by atoms with Crippen LogP contribution in [0.25, 0.3) is 0 Å². The van der Waals surface area contributed by atoms with E-state index in [1.165, 1.54) is 0 Å². The van der Waals surface area contributed by atoms with Crippen molar-refractivity contribution < 1.29 is 9.59 Å². The maximum atomic E-state index is 12.5. The molecule has 1 aliphatic rings. The summed E-state index contributed by atoms with van der Waals surface area (Å²) in [5, 5.41) is 2.81. The Bertz CT molecular complexity index is 798. The number of nitrogens with one attached hydrogen (secondary N) is 1. The molecule has 0 radical (unpaired) electrons. The van der Waals surface area contributed by atoms with E-state index in [0.717, 1.165) is 11.3 Å². The lowest BCUT2D eigenvalue weighted by atomic mass is 10.00. The number of carbonyl (C=O) groups is 2. The van der Waals surface area contributed by atoms with Gasteiger partial charge in [-0.25, -0.2) is 4.99 Å². The Balaban J connectivity index is 1.70. The minimum Gasteiger partial charge on any atom is -0.330 e. The van der Waals surface area contributed by atoms with E-state index < -0.39 is 0 Å². The van der Waals surface area contributed by atoms with Crippen LogP contribution < -0.4 is 11.1 Å². The van der Waals surface area contributed by atoms with Gasteiger partial charge in [-0.2, -0.15) is 0 Å². The molecule has 0 aromatic heterocycles. The molecule has 1 heterocycles. The number of ketones is 1. The average molecular weight is 321 g/mol. The van der Waals surface area contributed by atoms with Crippen LogP contribution in [0, 0.1) is 0 Å². The highest BCUT2D eigenvalue weighted by Crippen LogP contribution is 2.27. The van der Waals surface area contributed by atoms with Crippen LogP contribution in [-0.2, 0) is 11.2 Å². The molecule has 0 fully saturated rings. The monoisotopic (exact) mass is 321 g/mol. The minimum absolute atomic E-state index is 0.0150. The van der Waals surface area contributed by atoms with E-state index in [0.29, 0.717) is 42.8 Å². The third-order valence-corrected chi connectivity index (χ3v) is 3.88. The van der Waals surface area contributed by atoms with Gasteiger partial charge in [-0.15, -0.1) is 0 Å². The molecule has 24 heavy (non-hydrogen) atoms. The Labute approximate surface area is 140 Å². The summed E-state index contributed by atoms with van der Waals surface area (Å²) < 4.78 is 0. The summed E-state index contributed by atoms with van der Waals surface area (Å²) in [4.78, 5) is 28.7. The van der Waals surface area contributed by atoms with Crippen molar-refractivity contribution in [3.63, 3.8) is 0 Å². The number of hydrogen-bond donors (Lipinski definition) is 2. The van der Waals surface area contributed by atoms with Crippen LogP contribution in [0.1, 0.15) is 34.3 Å². The van der Waals surface area contributed by atoms with E-state index in [2.05, 4.69) is 10.3 Å². The summed E-state index contributed by atoms with van der Waals surface area (Å²) in [5.74, 6) is 0.530. The van der Waals surface area contributed by atoms with Crippen LogP contribution >= 0.6 is 0 Å². The van der Waals surface area contributed by atoms with Crippen LogP contribution in [0.15, 0.2) is 53.5 Å². The van der Waals surface area contributed by atoms with Crippen molar-refractivity contribution in [1.29, 1.82) is 0 Å². The quantitative estimate of drug-likeness (QED) is 0.829. The van der Waals surface area contributed by atoms with Gasteiger partial charge in [0.05, 0.1) is 5.69 Å². The van der Waals surface area contributed by atoms with E-state index in [-0.39, 0.29) is 11.7 Å². The van der Waals surface area contributed by atoms with Crippen LogP contribution in [-0.4, -0.2) is 24.1 Å². The standard InChI is InChI=1S/C19H19N3O2/c20-10-4-7-18(23)22-17-12-15-11-14(8-9-16(15)21-17)19(24)13-5-2-1-3-6-13/h1-3,5-6,8-9,11H,4,7,10,12,20H2,(H,21,22,23). The second-order valence-electron chi connectivity index (χ2n) is 5.71. The lowest BCUT2D eigenvalue weighted by Gasteiger charge is -2.04. The topological polar surface area (TPSA) is 84.6 Å². The number of nitrogens with two attached hydrogens (primary N) is 1. The molecule has 2 aromatic carbocycles. The molecule has 5 nitrogen and oxygen atoms in total. The van der Waals surface area contributed by atoms with Gasteiger partial charge in [0, 0.05) is 24.0 Å². The van der Waals surface area contributed by atoms with Crippen molar-refractivity contribution in [3.05, 3.63) is 65.2 Å². The average Bonchev–Trinajstić information content (AvgIpc) is 3.01. The molecule has 0 saturated heterocycles. The van der Waals surface area contributed by atoms with Gasteiger partial charge in [0.25, 0.3) is 0 Å². The Kier molecular flexibility index (Phi) is 4.82. The van der Waals surface area contributed by atoms with E-state index in [1.54, 1.807) is 18.2 Å². The highest BCUT2D eigenvalue weighted by atomic mass is 16.1. The van der Waals surface area contributed by atoms with Crippen LogP contribution in [0.3, 0.4) is 0 Å². The second kappa shape index (κ2) is 7.19. The van der Waals surface area contributed by atoms with Gasteiger partial charge in [-0.1, -0.05) is 30.3 Å². The number of benzene rings is 2. The number of rotatable bonds is 5. The van der Waals surface area contributed by atoms with Gasteiger partial charge in [0.15, 0.2) is 5.78 Å². The molecule has 0 bridgehead atoms. The minimum atomic E-state index is -0.0763. The summed E-state index contributed by atoms with van der Waals surface area (Å²) in [6, 6.07) is 14.6. The molecule has 3 rings (SSSR count). The number of aliphatic imine (C=N–C) groups is 1. The van der Waals surface area contributed by atoms with Crippen molar-refractivity contribution in [2.45, 2.75) is 19.3 Å². The normalized spacial score (nSPS) is 12.5. The predicted molar refractivity (Wildman–Crippen MR) is 93.5 cm³/mol. The lowest BCUT2D eigenvalue weighted by Crippen LogP contribution is -2.30. The fourth-order valence-corrected chi connectivity index (χ4v) is 2.66. The van der Waals surface area contributed by atoms with Crippen molar-refractivity contribution in [2.75, 3.05) is 6.54 Å². The van der Waals surface area contributed by atoms with E-state index in [4.69, 9.17) is 5.73 Å². The van der Waals surface area contributed by atoms with Crippen LogP contribution in [0.5, 0.6) is 0 Å². The highest BCUT2D eigenvalue weighted by Gasteiger charge is 2.18. The van der Waals surface area contributed by atoms with Gasteiger partial charge in [-0.3, -0.25) is 9.59 Å². The smallest absolute Gasteiger partial charge is 0.225 e. The zero-order valence-electron chi connectivity index (χ0n) is 13.3. The Morgan fingerprint density at radius 3 is 2.62 bits per heavy atom. The summed E-state index contributed by atoms with van der Waals surface area (Å²) in [7, 11) is 0. The largest absolute Gasteiger partial charge is 0.330 e. The van der Waals surface area contributed by atoms with Gasteiger partial charge in [0.1, 0.15) is 5.84 Å². The molecule has 1 aliphatic heterocycles. The van der Waals surface area contributed by atoms with Gasteiger partial charge in [-0.05, 0) is 36.7 Å². The van der Waals surface area contributed by atoms with Crippen molar-refractivity contribution >= 4 is 23.2 Å². The number of amidine groups is 1. The van der Waals surface area contributed by atoms with E-state index in [9.17, 15) is 9.59 Å². The molecule has 2 aromatic rings. The SMILES string of the molecule is NCCCC(=O)NC1=Nc2ccc(C(=O)c3ccccc3)cc2C1. The first-order chi connectivity index (χ1) is 11.7. The fraction of sp³-hybridized carbons (Fsp3) is 0.211. The molecule has 0 saturated carbocycles. The second-order valence-corrected chi connectivity index (χ2v) is 5.71. The molecule has 1 amide bonds. The van der Waals surface area contributed by atoms with Gasteiger partial charge >= 0.3 is 0 Å². The van der Waals surface area contributed by atoms with E-state index >= 15 is 0 Å². The first kappa shape index (κ1) is 16.1. The number of amides is 1. The lowest BCUT2D eigenvalue weighted by molar-refractivity contribution is -0.119. The Morgan fingerprint density at radius 2 is 1.88 bits per heavy atom. The van der Waals surface area contributed by atoms with Gasteiger partial charge in [0.2, 0.25) is 5.91 Å². The van der Waals surface area contributed by atoms with Crippen LogP contribution in [0.4, 0.5) is 5.69 Å². The fourth-order valence-electron chi connectivity index (χ4n) is 2.66. The summed E-state index contributed by atoms with van der Waals surface area (Å²) in [6.07, 6.45) is 1.57. The number of fused-ring (bicyclic) bond motifs is 1. The number of carbonyl (C=O) groups excluding carboxylic acids is 2.